The second kappa shape index (κ2) is 5.28. The van der Waals surface area contributed by atoms with E-state index in [2.05, 4.69) is 4.18 Å². The molecule has 0 aliphatic rings. The van der Waals surface area contributed by atoms with Gasteiger partial charge in [0.25, 0.3) is 0 Å². The fourth-order valence-electron chi connectivity index (χ4n) is 0.598. The number of para-hydroxylation sites is 1. The maximum atomic E-state index is 10.1. The van der Waals surface area contributed by atoms with Gasteiger partial charge in [0, 0.05) is 0 Å². The molecule has 64 valence electrons. The molecule has 0 atom stereocenters. The second-order valence-electron chi connectivity index (χ2n) is 1.82. The van der Waals surface area contributed by atoms with Crippen LogP contribution in [0.5, 0.6) is 5.75 Å². The van der Waals surface area contributed by atoms with E-state index in [1.54, 1.807) is 18.2 Å². The van der Waals surface area contributed by atoms with Gasteiger partial charge in [-0.1, -0.05) is 18.2 Å². The average molecular weight is 314 g/mol. The predicted molar refractivity (Wildman–Crippen MR) is 47.2 cm³/mol. The monoisotopic (exact) mass is 314 g/mol. The Bertz CT molecular complexity index is 321. The maximum absolute atomic E-state index is 10.1. The van der Waals surface area contributed by atoms with Crippen molar-refractivity contribution in [3.63, 3.8) is 0 Å². The molecule has 0 bridgehead atoms. The summed E-state index contributed by atoms with van der Waals surface area (Å²) in [6, 6.07) is 7.75. The molecule has 0 saturated heterocycles. The normalized spacial score (nSPS) is 10.1. The molecule has 0 amide bonds. The van der Waals surface area contributed by atoms with Crippen molar-refractivity contribution < 1.29 is 17.2 Å². The molecule has 1 aromatic carbocycles. The summed E-state index contributed by atoms with van der Waals surface area (Å²) in [5.74, 6) is 0.0926. The van der Waals surface area contributed by atoms with Crippen molar-refractivity contribution in [2.45, 2.75) is 0 Å². The Kier molecular flexibility index (Phi) is 5.50. The van der Waals surface area contributed by atoms with Gasteiger partial charge in [-0.15, -0.1) is 0 Å². The van der Waals surface area contributed by atoms with Gasteiger partial charge >= 0.3 is 59.3 Å². The second-order valence-corrected chi connectivity index (χ2v) is 2.85. The third-order valence-corrected chi connectivity index (χ3v) is 1.35. The van der Waals surface area contributed by atoms with E-state index in [9.17, 15) is 8.42 Å². The summed E-state index contributed by atoms with van der Waals surface area (Å²) in [6.45, 7) is 0. The van der Waals surface area contributed by atoms with Gasteiger partial charge in [-0.3, -0.25) is 4.55 Å². The Labute approximate surface area is 111 Å². The molecule has 1 aromatic rings. The number of hydrogen-bond acceptors (Lipinski definition) is 3. The first kappa shape index (κ1) is 12.5. The first-order valence-electron chi connectivity index (χ1n) is 2.80. The molecule has 6 heteroatoms. The van der Waals surface area contributed by atoms with Gasteiger partial charge in [-0.05, 0) is 12.1 Å². The summed E-state index contributed by atoms with van der Waals surface area (Å²) >= 11 is 0. The molecular formula is C6H8BaO4S. The third-order valence-electron chi connectivity index (χ3n) is 0.945. The topological polar surface area (TPSA) is 63.6 Å². The molecule has 0 unspecified atom stereocenters. The van der Waals surface area contributed by atoms with E-state index in [-0.39, 0.29) is 54.6 Å². The van der Waals surface area contributed by atoms with Crippen molar-refractivity contribution >= 4 is 59.3 Å². The van der Waals surface area contributed by atoms with Gasteiger partial charge in [0.05, 0.1) is 0 Å². The van der Waals surface area contributed by atoms with Crippen LogP contribution in [0.25, 0.3) is 0 Å². The molecule has 4 nitrogen and oxygen atoms in total. The van der Waals surface area contributed by atoms with Crippen molar-refractivity contribution in [3.8, 4) is 5.75 Å². The molecule has 0 aliphatic heterocycles. The minimum atomic E-state index is -4.38. The van der Waals surface area contributed by atoms with E-state index in [0.29, 0.717) is 0 Å². The van der Waals surface area contributed by atoms with E-state index in [4.69, 9.17) is 4.55 Å². The summed E-state index contributed by atoms with van der Waals surface area (Å²) < 4.78 is 32.6. The van der Waals surface area contributed by atoms with Crippen LogP contribution in [0.3, 0.4) is 0 Å². The quantitative estimate of drug-likeness (QED) is 0.614. The summed E-state index contributed by atoms with van der Waals surface area (Å²) in [5, 5.41) is 0. The zero-order valence-electron chi connectivity index (χ0n) is 5.47. The van der Waals surface area contributed by atoms with Crippen LogP contribution in [0.2, 0.25) is 0 Å². The number of hydrogen-bond donors (Lipinski definition) is 1. The molecule has 1 rings (SSSR count). The van der Waals surface area contributed by atoms with Crippen molar-refractivity contribution in [3.05, 3.63) is 30.3 Å². The Morgan fingerprint density at radius 3 is 2.08 bits per heavy atom. The summed E-state index contributed by atoms with van der Waals surface area (Å²) in [5.41, 5.74) is 0. The van der Waals surface area contributed by atoms with Crippen LogP contribution in [-0.4, -0.2) is 61.9 Å². The van der Waals surface area contributed by atoms with Crippen molar-refractivity contribution in [1.29, 1.82) is 0 Å². The fraction of sp³-hybridized carbons (Fsp3) is 0. The van der Waals surface area contributed by atoms with Crippen LogP contribution >= 0.6 is 0 Å². The zero-order chi connectivity index (χ0) is 8.32. The summed E-state index contributed by atoms with van der Waals surface area (Å²) in [6.07, 6.45) is 0. The molecule has 0 heterocycles. The Morgan fingerprint density at radius 1 is 1.17 bits per heavy atom. The average Bonchev–Trinajstić information content (AvgIpc) is 1.85. The van der Waals surface area contributed by atoms with Crippen molar-refractivity contribution in [2.24, 2.45) is 0 Å². The van der Waals surface area contributed by atoms with E-state index >= 15 is 0 Å². The van der Waals surface area contributed by atoms with Crippen LogP contribution < -0.4 is 4.18 Å². The van der Waals surface area contributed by atoms with Crippen LogP contribution in [0.1, 0.15) is 0 Å². The van der Waals surface area contributed by atoms with Gasteiger partial charge in [-0.2, -0.15) is 8.42 Å². The van der Waals surface area contributed by atoms with Crippen LogP contribution in [-0.2, 0) is 10.4 Å². The first-order valence-corrected chi connectivity index (χ1v) is 4.16. The molecule has 1 N–H and O–H groups in total. The van der Waals surface area contributed by atoms with Gasteiger partial charge in [0.1, 0.15) is 5.75 Å². The van der Waals surface area contributed by atoms with Gasteiger partial charge in [0.2, 0.25) is 0 Å². The Hall–Kier alpha value is 0.501. The molecule has 0 spiro atoms. The van der Waals surface area contributed by atoms with E-state index in [1.165, 1.54) is 12.1 Å². The standard InChI is InChI=1S/C6H6O4S.Ba.2H/c7-11(8,9)10-6-4-2-1-3-5-6;;;/h1-5H,(H,7,8,9);;;. The summed E-state index contributed by atoms with van der Waals surface area (Å²) in [7, 11) is -4.38. The molecule has 0 radical (unpaired) electrons. The fourth-order valence-corrected chi connectivity index (χ4v) is 0.952. The first-order chi connectivity index (χ1) is 5.08. The van der Waals surface area contributed by atoms with Gasteiger partial charge in [0.15, 0.2) is 0 Å². The van der Waals surface area contributed by atoms with Gasteiger partial charge in [-0.25, -0.2) is 0 Å². The Balaban J connectivity index is 0.00000121. The van der Waals surface area contributed by atoms with Crippen LogP contribution in [0.15, 0.2) is 30.3 Å². The molecule has 12 heavy (non-hydrogen) atoms. The number of rotatable bonds is 2. The molecule has 0 aromatic heterocycles. The predicted octanol–water partition coefficient (Wildman–Crippen LogP) is -0.0480. The molecule has 0 aliphatic carbocycles. The van der Waals surface area contributed by atoms with E-state index in [1.807, 2.05) is 0 Å². The van der Waals surface area contributed by atoms with Crippen LogP contribution in [0.4, 0.5) is 0 Å². The van der Waals surface area contributed by atoms with Gasteiger partial charge < -0.3 is 4.18 Å². The zero-order valence-corrected chi connectivity index (χ0v) is 6.28. The van der Waals surface area contributed by atoms with E-state index in [0.717, 1.165) is 0 Å². The van der Waals surface area contributed by atoms with Crippen molar-refractivity contribution in [2.75, 3.05) is 0 Å². The summed E-state index contributed by atoms with van der Waals surface area (Å²) in [4.78, 5) is 0. The van der Waals surface area contributed by atoms with Crippen LogP contribution in [0, 0.1) is 0 Å². The van der Waals surface area contributed by atoms with Crippen molar-refractivity contribution in [1.82, 2.24) is 0 Å². The minimum absolute atomic E-state index is 0. The third kappa shape index (κ3) is 5.20. The molecular weight excluding hydrogens is 305 g/mol. The molecule has 0 saturated carbocycles. The number of benzene rings is 1. The Morgan fingerprint density at radius 2 is 1.67 bits per heavy atom. The molecule has 0 fully saturated rings. The SMILES string of the molecule is O=S(=O)(O)Oc1ccccc1.[BaH2]. The van der Waals surface area contributed by atoms with E-state index < -0.39 is 10.4 Å².